The first-order chi connectivity index (χ1) is 7.33. The van der Waals surface area contributed by atoms with Gasteiger partial charge in [0, 0.05) is 32.9 Å². The van der Waals surface area contributed by atoms with Gasteiger partial charge in [-0.3, -0.25) is 0 Å². The van der Waals surface area contributed by atoms with Crippen LogP contribution in [-0.2, 0) is 14.2 Å². The Morgan fingerprint density at radius 1 is 1.40 bits per heavy atom. The molecule has 0 aromatic heterocycles. The lowest BCUT2D eigenvalue weighted by Gasteiger charge is -2.23. The second kappa shape index (κ2) is 8.05. The Bertz CT molecular complexity index is 149. The van der Waals surface area contributed by atoms with E-state index < -0.39 is 0 Å². The SMILES string of the molecule is COCC(C)OCCNC1CCOCC1. The van der Waals surface area contributed by atoms with Crippen molar-refractivity contribution in [2.45, 2.75) is 31.9 Å². The summed E-state index contributed by atoms with van der Waals surface area (Å²) in [5, 5.41) is 3.47. The topological polar surface area (TPSA) is 39.7 Å². The molecule has 1 saturated heterocycles. The van der Waals surface area contributed by atoms with Gasteiger partial charge in [0.2, 0.25) is 0 Å². The molecule has 1 N–H and O–H groups in total. The highest BCUT2D eigenvalue weighted by atomic mass is 16.5. The molecule has 1 heterocycles. The summed E-state index contributed by atoms with van der Waals surface area (Å²) in [5.41, 5.74) is 0. The van der Waals surface area contributed by atoms with Crippen LogP contribution in [0.25, 0.3) is 0 Å². The highest BCUT2D eigenvalue weighted by Crippen LogP contribution is 2.05. The summed E-state index contributed by atoms with van der Waals surface area (Å²) in [7, 11) is 1.69. The van der Waals surface area contributed by atoms with Gasteiger partial charge in [0.15, 0.2) is 0 Å². The normalized spacial score (nSPS) is 20.4. The van der Waals surface area contributed by atoms with Crippen LogP contribution in [0.1, 0.15) is 19.8 Å². The zero-order chi connectivity index (χ0) is 10.9. The Labute approximate surface area is 92.3 Å². The molecule has 1 unspecified atom stereocenters. The largest absolute Gasteiger partial charge is 0.382 e. The van der Waals surface area contributed by atoms with Crippen molar-refractivity contribution >= 4 is 0 Å². The van der Waals surface area contributed by atoms with E-state index >= 15 is 0 Å². The van der Waals surface area contributed by atoms with Crippen molar-refractivity contribution in [2.75, 3.05) is 40.1 Å². The molecule has 0 saturated carbocycles. The lowest BCUT2D eigenvalue weighted by molar-refractivity contribution is 0.00810. The number of nitrogens with one attached hydrogen (secondary N) is 1. The van der Waals surface area contributed by atoms with E-state index in [0.717, 1.165) is 39.2 Å². The lowest BCUT2D eigenvalue weighted by Crippen LogP contribution is -2.37. The van der Waals surface area contributed by atoms with Crippen LogP contribution in [0.2, 0.25) is 0 Å². The van der Waals surface area contributed by atoms with Gasteiger partial charge in [-0.15, -0.1) is 0 Å². The number of hydrogen-bond acceptors (Lipinski definition) is 4. The van der Waals surface area contributed by atoms with Crippen LogP contribution in [0.5, 0.6) is 0 Å². The van der Waals surface area contributed by atoms with E-state index in [9.17, 15) is 0 Å². The summed E-state index contributed by atoms with van der Waals surface area (Å²) in [6.45, 7) is 6.13. The molecular formula is C11H23NO3. The van der Waals surface area contributed by atoms with E-state index in [2.05, 4.69) is 5.32 Å². The van der Waals surface area contributed by atoms with Crippen LogP contribution in [0.15, 0.2) is 0 Å². The summed E-state index contributed by atoms with van der Waals surface area (Å²) in [4.78, 5) is 0. The Morgan fingerprint density at radius 2 is 2.13 bits per heavy atom. The van der Waals surface area contributed by atoms with Gasteiger partial charge in [0.25, 0.3) is 0 Å². The van der Waals surface area contributed by atoms with E-state index in [0.29, 0.717) is 12.6 Å². The van der Waals surface area contributed by atoms with Gasteiger partial charge in [0.1, 0.15) is 0 Å². The molecule has 1 aliphatic rings. The van der Waals surface area contributed by atoms with Crippen LogP contribution in [0, 0.1) is 0 Å². The molecule has 1 aliphatic heterocycles. The molecule has 0 spiro atoms. The summed E-state index contributed by atoms with van der Waals surface area (Å²) >= 11 is 0. The minimum Gasteiger partial charge on any atom is -0.382 e. The average Bonchev–Trinajstić information content (AvgIpc) is 2.26. The molecule has 15 heavy (non-hydrogen) atoms. The molecule has 1 atom stereocenters. The summed E-state index contributed by atoms with van der Waals surface area (Å²) < 4.78 is 15.8. The quantitative estimate of drug-likeness (QED) is 0.641. The number of hydrogen-bond donors (Lipinski definition) is 1. The molecule has 0 aliphatic carbocycles. The predicted molar refractivity (Wildman–Crippen MR) is 59.1 cm³/mol. The molecule has 0 amide bonds. The summed E-state index contributed by atoms with van der Waals surface area (Å²) in [5.74, 6) is 0. The molecule has 0 aromatic rings. The van der Waals surface area contributed by atoms with Gasteiger partial charge in [-0.1, -0.05) is 0 Å². The van der Waals surface area contributed by atoms with Crippen LogP contribution < -0.4 is 5.32 Å². The Kier molecular flexibility index (Phi) is 6.92. The molecular weight excluding hydrogens is 194 g/mol. The van der Waals surface area contributed by atoms with Crippen LogP contribution >= 0.6 is 0 Å². The lowest BCUT2D eigenvalue weighted by atomic mass is 10.1. The van der Waals surface area contributed by atoms with Crippen LogP contribution in [-0.4, -0.2) is 52.2 Å². The van der Waals surface area contributed by atoms with Crippen LogP contribution in [0.4, 0.5) is 0 Å². The average molecular weight is 217 g/mol. The van der Waals surface area contributed by atoms with Gasteiger partial charge < -0.3 is 19.5 Å². The number of ether oxygens (including phenoxy) is 3. The molecule has 4 nitrogen and oxygen atoms in total. The molecule has 90 valence electrons. The molecule has 1 rings (SSSR count). The maximum Gasteiger partial charge on any atom is 0.0780 e. The van der Waals surface area contributed by atoms with Crippen LogP contribution in [0.3, 0.4) is 0 Å². The Hall–Kier alpha value is -0.160. The van der Waals surface area contributed by atoms with Crippen molar-refractivity contribution in [2.24, 2.45) is 0 Å². The first-order valence-electron chi connectivity index (χ1n) is 5.74. The second-order valence-corrected chi connectivity index (χ2v) is 3.98. The Morgan fingerprint density at radius 3 is 2.80 bits per heavy atom. The van der Waals surface area contributed by atoms with E-state index in [4.69, 9.17) is 14.2 Å². The van der Waals surface area contributed by atoms with Crippen molar-refractivity contribution in [1.82, 2.24) is 5.32 Å². The predicted octanol–water partition coefficient (Wildman–Crippen LogP) is 0.806. The first-order valence-corrected chi connectivity index (χ1v) is 5.74. The third-order valence-corrected chi connectivity index (χ3v) is 2.56. The smallest absolute Gasteiger partial charge is 0.0780 e. The molecule has 0 aromatic carbocycles. The Balaban J connectivity index is 1.91. The van der Waals surface area contributed by atoms with Gasteiger partial charge in [0.05, 0.1) is 19.3 Å². The zero-order valence-corrected chi connectivity index (χ0v) is 9.83. The summed E-state index contributed by atoms with van der Waals surface area (Å²) in [6.07, 6.45) is 2.42. The third kappa shape index (κ3) is 6.10. The van der Waals surface area contributed by atoms with E-state index in [1.165, 1.54) is 0 Å². The second-order valence-electron chi connectivity index (χ2n) is 3.98. The maximum atomic E-state index is 5.55. The standard InChI is InChI=1S/C11H23NO3/c1-10(9-13-2)15-8-5-12-11-3-6-14-7-4-11/h10-12H,3-9H2,1-2H3. The third-order valence-electron chi connectivity index (χ3n) is 2.56. The van der Waals surface area contributed by atoms with Gasteiger partial charge >= 0.3 is 0 Å². The van der Waals surface area contributed by atoms with Gasteiger partial charge in [-0.25, -0.2) is 0 Å². The fourth-order valence-electron chi connectivity index (χ4n) is 1.71. The molecule has 4 heteroatoms. The monoisotopic (exact) mass is 217 g/mol. The fourth-order valence-corrected chi connectivity index (χ4v) is 1.71. The zero-order valence-electron chi connectivity index (χ0n) is 9.83. The fraction of sp³-hybridized carbons (Fsp3) is 1.00. The first kappa shape index (κ1) is 12.9. The van der Waals surface area contributed by atoms with E-state index in [-0.39, 0.29) is 6.10 Å². The van der Waals surface area contributed by atoms with Crippen molar-refractivity contribution in [3.8, 4) is 0 Å². The van der Waals surface area contributed by atoms with Gasteiger partial charge in [-0.2, -0.15) is 0 Å². The van der Waals surface area contributed by atoms with Crippen molar-refractivity contribution in [1.29, 1.82) is 0 Å². The van der Waals surface area contributed by atoms with Crippen molar-refractivity contribution in [3.05, 3.63) is 0 Å². The van der Waals surface area contributed by atoms with Gasteiger partial charge in [-0.05, 0) is 19.8 Å². The number of methoxy groups -OCH3 is 1. The maximum absolute atomic E-state index is 5.55. The van der Waals surface area contributed by atoms with Crippen molar-refractivity contribution < 1.29 is 14.2 Å². The van der Waals surface area contributed by atoms with E-state index in [1.807, 2.05) is 6.92 Å². The molecule has 1 fully saturated rings. The minimum atomic E-state index is 0.187. The van der Waals surface area contributed by atoms with Crippen molar-refractivity contribution in [3.63, 3.8) is 0 Å². The minimum absolute atomic E-state index is 0.187. The highest BCUT2D eigenvalue weighted by Gasteiger charge is 2.12. The summed E-state index contributed by atoms with van der Waals surface area (Å²) in [6, 6.07) is 0.611. The molecule has 0 radical (unpaired) electrons. The van der Waals surface area contributed by atoms with E-state index in [1.54, 1.807) is 7.11 Å². The number of rotatable bonds is 7. The molecule has 0 bridgehead atoms. The highest BCUT2D eigenvalue weighted by molar-refractivity contribution is 4.69.